The van der Waals surface area contributed by atoms with Gasteiger partial charge in [0.1, 0.15) is 11.9 Å². The van der Waals surface area contributed by atoms with E-state index in [2.05, 4.69) is 15.0 Å². The third kappa shape index (κ3) is 7.60. The van der Waals surface area contributed by atoms with Gasteiger partial charge in [0.05, 0.1) is 16.7 Å². The first kappa shape index (κ1) is 26.8. The van der Waals surface area contributed by atoms with E-state index < -0.39 is 18.9 Å². The van der Waals surface area contributed by atoms with Gasteiger partial charge in [-0.2, -0.15) is 8.78 Å². The average Bonchev–Trinajstić information content (AvgIpc) is 3.70. The van der Waals surface area contributed by atoms with Crippen LogP contribution in [0.1, 0.15) is 30.1 Å². The Balaban J connectivity index is 1.61. The molecule has 0 radical (unpaired) electrons. The molecule has 1 aromatic heterocycles. The summed E-state index contributed by atoms with van der Waals surface area (Å²) in [5.74, 6) is 0.636. The first-order valence-electron chi connectivity index (χ1n) is 11.5. The number of benzene rings is 2. The minimum atomic E-state index is -3.03. The number of pyridine rings is 1. The van der Waals surface area contributed by atoms with E-state index in [4.69, 9.17) is 37.4 Å². The van der Waals surface area contributed by atoms with Crippen LogP contribution in [0.3, 0.4) is 0 Å². The Bertz CT molecular complexity index is 1210. The van der Waals surface area contributed by atoms with Gasteiger partial charge in [-0.3, -0.25) is 4.98 Å². The quantitative estimate of drug-likeness (QED) is 0.197. The van der Waals surface area contributed by atoms with Crippen molar-refractivity contribution in [3.63, 3.8) is 0 Å². The lowest BCUT2D eigenvalue weighted by Gasteiger charge is -2.21. The highest BCUT2D eigenvalue weighted by atomic mass is 35.5. The molecule has 7 nitrogen and oxygen atoms in total. The predicted octanol–water partition coefficient (Wildman–Crippen LogP) is 7.32. The second-order valence-corrected chi connectivity index (χ2v) is 9.17. The number of halogens is 4. The summed E-state index contributed by atoms with van der Waals surface area (Å²) in [6.45, 7) is -2.67. The third-order valence-electron chi connectivity index (χ3n) is 5.65. The van der Waals surface area contributed by atoms with Crippen molar-refractivity contribution < 1.29 is 32.5 Å². The number of anilines is 1. The molecule has 0 spiro atoms. The monoisotopic (exact) mass is 552 g/mol. The van der Waals surface area contributed by atoms with Gasteiger partial charge in [-0.15, -0.1) is 0 Å². The van der Waals surface area contributed by atoms with E-state index in [0.717, 1.165) is 18.5 Å². The molecular formula is C26H24Cl2F2N2O5. The van der Waals surface area contributed by atoms with Crippen LogP contribution < -0.4 is 19.5 Å². The number of carbonyl (C=O) groups excluding carboxylic acids is 1. The molecule has 0 unspecified atom stereocenters. The molecule has 1 N–H and O–H groups in total. The van der Waals surface area contributed by atoms with Crippen LogP contribution in [0.5, 0.6) is 17.2 Å². The summed E-state index contributed by atoms with van der Waals surface area (Å²) in [5.41, 5.74) is 1.77. The number of alkyl halides is 2. The summed E-state index contributed by atoms with van der Waals surface area (Å²) in [4.78, 5) is 16.7. The number of aromatic nitrogens is 1. The number of carbonyl (C=O) groups is 1. The summed E-state index contributed by atoms with van der Waals surface area (Å²) in [6.07, 6.45) is 3.00. The Morgan fingerprint density at radius 3 is 2.41 bits per heavy atom. The molecule has 196 valence electrons. The van der Waals surface area contributed by atoms with E-state index >= 15 is 0 Å². The number of hydrogen-bond acceptors (Lipinski definition) is 7. The highest BCUT2D eigenvalue weighted by Gasteiger charge is 2.26. The van der Waals surface area contributed by atoms with Crippen LogP contribution in [-0.2, 0) is 11.2 Å². The Hall–Kier alpha value is -3.30. The maximum absolute atomic E-state index is 13.0. The van der Waals surface area contributed by atoms with Crippen LogP contribution >= 0.6 is 23.2 Å². The zero-order valence-corrected chi connectivity index (χ0v) is 21.3. The van der Waals surface area contributed by atoms with Crippen LogP contribution in [0.4, 0.5) is 19.3 Å². The standard InChI is InChI=1S/C26H24Cl2F2N2O5/c1-31-17-5-7-18(8-6-17)35-26(33)37-23(11-19-20(27)12-32-13-21(19)28)16-4-9-22(36-25(29)30)24(10-16)34-14-15-2-3-15/h4-10,12-13,15,23,25,31H,2-3,11,14H2,1H3/t23-/m0/s1. The number of ether oxygens (including phenoxy) is 4. The Kier molecular flexibility index (Phi) is 8.89. The van der Waals surface area contributed by atoms with Gasteiger partial charge in [0, 0.05) is 31.5 Å². The fourth-order valence-electron chi connectivity index (χ4n) is 3.50. The highest BCUT2D eigenvalue weighted by Crippen LogP contribution is 2.38. The van der Waals surface area contributed by atoms with Gasteiger partial charge < -0.3 is 24.3 Å². The first-order valence-corrected chi connectivity index (χ1v) is 12.2. The molecule has 1 fully saturated rings. The molecule has 0 amide bonds. The molecule has 1 heterocycles. The predicted molar refractivity (Wildman–Crippen MR) is 135 cm³/mol. The van der Waals surface area contributed by atoms with Crippen LogP contribution in [0, 0.1) is 5.92 Å². The molecule has 11 heteroatoms. The molecule has 0 saturated heterocycles. The van der Waals surface area contributed by atoms with Crippen molar-refractivity contribution in [1.29, 1.82) is 0 Å². The summed E-state index contributed by atoms with van der Waals surface area (Å²) < 4.78 is 47.3. The molecule has 1 aliphatic carbocycles. The summed E-state index contributed by atoms with van der Waals surface area (Å²) >= 11 is 12.6. The van der Waals surface area contributed by atoms with Crippen LogP contribution in [-0.4, -0.2) is 31.4 Å². The summed E-state index contributed by atoms with van der Waals surface area (Å²) in [7, 11) is 1.77. The van der Waals surface area contributed by atoms with Crippen LogP contribution in [0.15, 0.2) is 54.9 Å². The molecule has 0 bridgehead atoms. The Morgan fingerprint density at radius 1 is 1.08 bits per heavy atom. The maximum Gasteiger partial charge on any atom is 0.514 e. The fraction of sp³-hybridized carbons (Fsp3) is 0.308. The van der Waals surface area contributed by atoms with E-state index in [1.54, 1.807) is 31.3 Å². The van der Waals surface area contributed by atoms with Gasteiger partial charge in [0.2, 0.25) is 0 Å². The number of nitrogens with zero attached hydrogens (tertiary/aromatic N) is 1. The van der Waals surface area contributed by atoms with Crippen molar-refractivity contribution in [3.05, 3.63) is 76.0 Å². The maximum atomic E-state index is 13.0. The second-order valence-electron chi connectivity index (χ2n) is 8.36. The van der Waals surface area contributed by atoms with E-state index in [1.807, 2.05) is 0 Å². The van der Waals surface area contributed by atoms with E-state index in [-0.39, 0.29) is 33.7 Å². The van der Waals surface area contributed by atoms with Gasteiger partial charge in [-0.1, -0.05) is 29.3 Å². The molecule has 4 rings (SSSR count). The Labute approximate surface area is 222 Å². The minimum Gasteiger partial charge on any atom is -0.489 e. The molecule has 2 aromatic carbocycles. The van der Waals surface area contributed by atoms with Gasteiger partial charge in [0.25, 0.3) is 0 Å². The van der Waals surface area contributed by atoms with Crippen molar-refractivity contribution >= 4 is 35.0 Å². The number of rotatable bonds is 11. The molecule has 1 saturated carbocycles. The van der Waals surface area contributed by atoms with E-state index in [1.165, 1.54) is 30.6 Å². The van der Waals surface area contributed by atoms with Crippen LogP contribution in [0.25, 0.3) is 0 Å². The third-order valence-corrected chi connectivity index (χ3v) is 6.30. The SMILES string of the molecule is CNc1ccc(OC(=O)O[C@@H](Cc2c(Cl)cncc2Cl)c2ccc(OC(F)F)c(OCC3CC3)c2)cc1. The lowest BCUT2D eigenvalue weighted by atomic mass is 10.0. The number of hydrogen-bond donors (Lipinski definition) is 1. The normalized spacial score (nSPS) is 13.7. The van der Waals surface area contributed by atoms with Crippen LogP contribution in [0.2, 0.25) is 10.0 Å². The summed E-state index contributed by atoms with van der Waals surface area (Å²) in [5, 5.41) is 3.53. The van der Waals surface area contributed by atoms with Crippen molar-refractivity contribution in [1.82, 2.24) is 4.98 Å². The van der Waals surface area contributed by atoms with E-state index in [0.29, 0.717) is 23.7 Å². The zero-order chi connectivity index (χ0) is 26.4. The summed E-state index contributed by atoms with van der Waals surface area (Å²) in [6, 6.07) is 11.0. The minimum absolute atomic E-state index is 0.0606. The first-order chi connectivity index (χ1) is 17.8. The molecule has 37 heavy (non-hydrogen) atoms. The van der Waals surface area contributed by atoms with Gasteiger partial charge >= 0.3 is 12.8 Å². The lowest BCUT2D eigenvalue weighted by Crippen LogP contribution is -2.18. The molecule has 1 atom stereocenters. The fourth-order valence-corrected chi connectivity index (χ4v) is 4.01. The smallest absolute Gasteiger partial charge is 0.489 e. The lowest BCUT2D eigenvalue weighted by molar-refractivity contribution is -0.0515. The van der Waals surface area contributed by atoms with E-state index in [9.17, 15) is 13.6 Å². The van der Waals surface area contributed by atoms with Crippen molar-refractivity contribution in [2.24, 2.45) is 5.92 Å². The van der Waals surface area contributed by atoms with Crippen molar-refractivity contribution in [2.75, 3.05) is 19.0 Å². The molecule has 3 aromatic rings. The second kappa shape index (κ2) is 12.3. The highest BCUT2D eigenvalue weighted by molar-refractivity contribution is 6.35. The Morgan fingerprint density at radius 2 is 1.78 bits per heavy atom. The average molecular weight is 553 g/mol. The van der Waals surface area contributed by atoms with Gasteiger partial charge in [0.15, 0.2) is 11.5 Å². The van der Waals surface area contributed by atoms with Gasteiger partial charge in [-0.05, 0) is 66.3 Å². The van der Waals surface area contributed by atoms with Crippen molar-refractivity contribution in [3.8, 4) is 17.2 Å². The molecule has 0 aliphatic heterocycles. The van der Waals surface area contributed by atoms with Gasteiger partial charge in [-0.25, -0.2) is 4.79 Å². The molecule has 1 aliphatic rings. The zero-order valence-electron chi connectivity index (χ0n) is 19.8. The largest absolute Gasteiger partial charge is 0.514 e. The molecular weight excluding hydrogens is 529 g/mol. The number of nitrogens with one attached hydrogen (secondary N) is 1. The topological polar surface area (TPSA) is 78.9 Å². The van der Waals surface area contributed by atoms with Crippen molar-refractivity contribution in [2.45, 2.75) is 32.0 Å².